The van der Waals surface area contributed by atoms with E-state index in [1.165, 1.54) is 5.56 Å². The molecule has 2 aromatic carbocycles. The van der Waals surface area contributed by atoms with E-state index < -0.39 is 17.7 Å². The lowest BCUT2D eigenvalue weighted by Gasteiger charge is -2.26. The summed E-state index contributed by atoms with van der Waals surface area (Å²) in [5, 5.41) is 14.9. The first-order chi connectivity index (χ1) is 17.7. The Labute approximate surface area is 221 Å². The van der Waals surface area contributed by atoms with Crippen LogP contribution in [0.25, 0.3) is 21.6 Å². The summed E-state index contributed by atoms with van der Waals surface area (Å²) in [4.78, 5) is 14.5. The van der Waals surface area contributed by atoms with E-state index in [1.54, 1.807) is 11.3 Å². The Hall–Kier alpha value is -3.42. The summed E-state index contributed by atoms with van der Waals surface area (Å²) in [6.45, 7) is 9.01. The summed E-state index contributed by atoms with van der Waals surface area (Å²) < 4.78 is 13.9. The number of rotatable bonds is 7. The van der Waals surface area contributed by atoms with Gasteiger partial charge in [0.15, 0.2) is 6.10 Å². The monoisotopic (exact) mass is 516 g/mol. The van der Waals surface area contributed by atoms with E-state index in [9.17, 15) is 9.90 Å². The molecule has 192 valence electrons. The Morgan fingerprint density at radius 1 is 1.19 bits per heavy atom. The molecule has 7 heteroatoms. The molecule has 37 heavy (non-hydrogen) atoms. The number of hydrogen-bond donors (Lipinski definition) is 1. The van der Waals surface area contributed by atoms with Gasteiger partial charge in [-0.15, -0.1) is 11.3 Å². The summed E-state index contributed by atoms with van der Waals surface area (Å²) in [6.07, 6.45) is 4.71. The fraction of sp³-hybridized carbons (Fsp3) is 0.333. The van der Waals surface area contributed by atoms with Crippen molar-refractivity contribution in [2.45, 2.75) is 58.8 Å². The molecule has 1 unspecified atom stereocenters. The molecule has 0 radical (unpaired) electrons. The number of carboxylic acid groups (broad SMARTS) is 1. The maximum atomic E-state index is 12.5. The molecule has 1 N–H and O–H groups in total. The lowest BCUT2D eigenvalue weighted by atomic mass is 9.92. The zero-order valence-corrected chi connectivity index (χ0v) is 22.5. The van der Waals surface area contributed by atoms with Gasteiger partial charge in [-0.25, -0.2) is 4.79 Å². The predicted octanol–water partition coefficient (Wildman–Crippen LogP) is 6.90. The highest BCUT2D eigenvalue weighted by Crippen LogP contribution is 2.48. The number of ether oxygens (including phenoxy) is 2. The van der Waals surface area contributed by atoms with E-state index in [2.05, 4.69) is 23.3 Å². The second-order valence-corrected chi connectivity index (χ2v) is 11.6. The molecule has 3 heterocycles. The molecular formula is C30H32N2O4S. The quantitative estimate of drug-likeness (QED) is 0.289. The number of carbonyl (C=O) groups is 1. The van der Waals surface area contributed by atoms with Crippen molar-refractivity contribution in [3.05, 3.63) is 82.5 Å². The van der Waals surface area contributed by atoms with Crippen molar-refractivity contribution in [1.82, 2.24) is 9.78 Å². The molecule has 0 spiro atoms. The van der Waals surface area contributed by atoms with Gasteiger partial charge >= 0.3 is 5.97 Å². The molecule has 1 aliphatic heterocycles. The van der Waals surface area contributed by atoms with Crippen LogP contribution in [-0.2, 0) is 22.5 Å². The number of carboxylic acids is 1. The average molecular weight is 517 g/mol. The fourth-order valence-corrected chi connectivity index (χ4v) is 5.98. The first kappa shape index (κ1) is 25.2. The van der Waals surface area contributed by atoms with Crippen LogP contribution in [0.5, 0.6) is 5.75 Å². The Morgan fingerprint density at radius 3 is 2.70 bits per heavy atom. The van der Waals surface area contributed by atoms with Gasteiger partial charge < -0.3 is 14.6 Å². The molecule has 0 saturated carbocycles. The van der Waals surface area contributed by atoms with Gasteiger partial charge in [-0.1, -0.05) is 36.4 Å². The molecule has 5 rings (SSSR count). The first-order valence-electron chi connectivity index (χ1n) is 12.6. The van der Waals surface area contributed by atoms with Crippen LogP contribution in [0.2, 0.25) is 0 Å². The second kappa shape index (κ2) is 10.1. The van der Waals surface area contributed by atoms with E-state index in [1.807, 2.05) is 75.1 Å². The summed E-state index contributed by atoms with van der Waals surface area (Å²) in [5.74, 6) is -0.0915. The molecule has 0 saturated heterocycles. The third-order valence-corrected chi connectivity index (χ3v) is 7.54. The summed E-state index contributed by atoms with van der Waals surface area (Å²) in [6, 6.07) is 16.4. The largest absolute Gasteiger partial charge is 0.493 e. The lowest BCUT2D eigenvalue weighted by molar-refractivity contribution is -0.160. The molecule has 6 nitrogen and oxygen atoms in total. The minimum atomic E-state index is -1.09. The van der Waals surface area contributed by atoms with Crippen molar-refractivity contribution in [2.75, 3.05) is 6.61 Å². The van der Waals surface area contributed by atoms with Crippen LogP contribution in [0.4, 0.5) is 0 Å². The SMILES string of the molecule is Cc1sc(-c2cnn(Cc3ccccc3)c2)c(-c2ccc3c(c2)CCCO3)c1C(OC(C)(C)C)C(=O)O. The summed E-state index contributed by atoms with van der Waals surface area (Å²) in [5.41, 5.74) is 5.21. The number of fused-ring (bicyclic) bond motifs is 1. The molecule has 4 aromatic rings. The second-order valence-electron chi connectivity index (χ2n) is 10.4. The number of nitrogens with zero attached hydrogens (tertiary/aromatic N) is 2. The number of aromatic nitrogens is 2. The smallest absolute Gasteiger partial charge is 0.337 e. The molecule has 1 aliphatic rings. The number of benzene rings is 2. The number of aryl methyl sites for hydroxylation is 2. The van der Waals surface area contributed by atoms with Crippen molar-refractivity contribution in [3.63, 3.8) is 0 Å². The van der Waals surface area contributed by atoms with Gasteiger partial charge in [0, 0.05) is 32.6 Å². The maximum absolute atomic E-state index is 12.5. The number of aliphatic carboxylic acids is 1. The molecular weight excluding hydrogens is 484 g/mol. The van der Waals surface area contributed by atoms with E-state index in [-0.39, 0.29) is 0 Å². The van der Waals surface area contributed by atoms with Gasteiger partial charge in [-0.3, -0.25) is 4.68 Å². The van der Waals surface area contributed by atoms with Crippen LogP contribution in [0, 0.1) is 6.92 Å². The molecule has 0 amide bonds. The third-order valence-electron chi connectivity index (χ3n) is 6.37. The third kappa shape index (κ3) is 5.48. The minimum absolute atomic E-state index is 0.626. The van der Waals surface area contributed by atoms with E-state index in [0.717, 1.165) is 57.2 Å². The van der Waals surface area contributed by atoms with Gasteiger partial charge in [0.25, 0.3) is 0 Å². The van der Waals surface area contributed by atoms with Crippen LogP contribution in [0.1, 0.15) is 54.9 Å². The zero-order chi connectivity index (χ0) is 26.2. The number of hydrogen-bond acceptors (Lipinski definition) is 5. The van der Waals surface area contributed by atoms with Gasteiger partial charge in [-0.2, -0.15) is 5.10 Å². The highest BCUT2D eigenvalue weighted by molar-refractivity contribution is 7.16. The minimum Gasteiger partial charge on any atom is -0.493 e. The van der Waals surface area contributed by atoms with Gasteiger partial charge in [0.05, 0.1) is 24.9 Å². The highest BCUT2D eigenvalue weighted by atomic mass is 32.1. The van der Waals surface area contributed by atoms with Gasteiger partial charge in [-0.05, 0) is 69.4 Å². The molecule has 1 atom stereocenters. The Balaban J connectivity index is 1.65. The normalized spacial score (nSPS) is 14.2. The van der Waals surface area contributed by atoms with E-state index >= 15 is 0 Å². The number of thiophene rings is 1. The fourth-order valence-electron chi connectivity index (χ4n) is 4.80. The molecule has 0 fully saturated rings. The van der Waals surface area contributed by atoms with Crippen LogP contribution in [0.3, 0.4) is 0 Å². The van der Waals surface area contributed by atoms with E-state index in [0.29, 0.717) is 12.1 Å². The first-order valence-corrected chi connectivity index (χ1v) is 13.4. The molecule has 0 bridgehead atoms. The Morgan fingerprint density at radius 2 is 1.97 bits per heavy atom. The van der Waals surface area contributed by atoms with Gasteiger partial charge in [0.1, 0.15) is 5.75 Å². The summed E-state index contributed by atoms with van der Waals surface area (Å²) >= 11 is 1.59. The Kier molecular flexibility index (Phi) is 6.92. The van der Waals surface area contributed by atoms with Crippen molar-refractivity contribution < 1.29 is 19.4 Å². The van der Waals surface area contributed by atoms with E-state index in [4.69, 9.17) is 9.47 Å². The van der Waals surface area contributed by atoms with Crippen molar-refractivity contribution in [2.24, 2.45) is 0 Å². The standard InChI is InChI=1S/C30H32N2O4S/c1-19-25(27(29(33)34)36-30(2,3)4)26(22-12-13-24-21(15-22)11-8-14-35-24)28(37-19)23-16-31-32(18-23)17-20-9-6-5-7-10-20/h5-7,9-10,12-13,15-16,18,27H,8,11,14,17H2,1-4H3,(H,33,34). The van der Waals surface area contributed by atoms with Crippen LogP contribution < -0.4 is 4.74 Å². The van der Waals surface area contributed by atoms with Crippen molar-refractivity contribution in [1.29, 1.82) is 0 Å². The van der Waals surface area contributed by atoms with Crippen molar-refractivity contribution in [3.8, 4) is 27.3 Å². The highest BCUT2D eigenvalue weighted by Gasteiger charge is 2.34. The van der Waals surface area contributed by atoms with Crippen LogP contribution in [-0.4, -0.2) is 33.1 Å². The molecule has 0 aliphatic carbocycles. The Bertz CT molecular complexity index is 1420. The van der Waals surface area contributed by atoms with Crippen LogP contribution in [0.15, 0.2) is 60.9 Å². The molecule has 2 aromatic heterocycles. The van der Waals surface area contributed by atoms with Crippen molar-refractivity contribution >= 4 is 17.3 Å². The predicted molar refractivity (Wildman–Crippen MR) is 146 cm³/mol. The average Bonchev–Trinajstić information content (AvgIpc) is 3.46. The summed E-state index contributed by atoms with van der Waals surface area (Å²) in [7, 11) is 0. The zero-order valence-electron chi connectivity index (χ0n) is 21.7. The lowest BCUT2D eigenvalue weighted by Crippen LogP contribution is -2.27. The maximum Gasteiger partial charge on any atom is 0.337 e. The van der Waals surface area contributed by atoms with Crippen LogP contribution >= 0.6 is 11.3 Å². The van der Waals surface area contributed by atoms with Gasteiger partial charge in [0.2, 0.25) is 0 Å². The topological polar surface area (TPSA) is 73.6 Å².